The molecule has 0 saturated heterocycles. The number of rotatable bonds is 7. The number of esters is 1. The average Bonchev–Trinajstić information content (AvgIpc) is 2.60. The quantitative estimate of drug-likeness (QED) is 0.468. The molecule has 24 heavy (non-hydrogen) atoms. The normalized spacial score (nSPS) is 12.9. The van der Waals surface area contributed by atoms with Crippen molar-refractivity contribution in [2.45, 2.75) is 18.5 Å². The third kappa shape index (κ3) is 4.70. The van der Waals surface area contributed by atoms with E-state index < -0.39 is 23.0 Å². The van der Waals surface area contributed by atoms with Crippen LogP contribution in [-0.2, 0) is 9.53 Å². The molecule has 0 saturated carbocycles. The van der Waals surface area contributed by atoms with E-state index in [1.165, 1.54) is 0 Å². The van der Waals surface area contributed by atoms with E-state index in [1.54, 1.807) is 24.3 Å². The largest absolute Gasteiger partial charge is 0.464 e. The predicted octanol–water partition coefficient (Wildman–Crippen LogP) is 3.70. The molecule has 2 aromatic carbocycles. The summed E-state index contributed by atoms with van der Waals surface area (Å²) in [7, 11) is 1.14. The van der Waals surface area contributed by atoms with Gasteiger partial charge in [-0.15, -0.1) is 0 Å². The second-order valence-electron chi connectivity index (χ2n) is 5.17. The van der Waals surface area contributed by atoms with Crippen LogP contribution in [0.25, 0.3) is 0 Å². The van der Waals surface area contributed by atoms with Crippen LogP contribution in [0, 0.1) is 10.1 Å². The van der Waals surface area contributed by atoms with Crippen molar-refractivity contribution in [3.8, 4) is 0 Å². The Kier molecular flexibility index (Phi) is 6.14. The summed E-state index contributed by atoms with van der Waals surface area (Å²) >= 11 is 5.87. The van der Waals surface area contributed by atoms with Gasteiger partial charge in [-0.2, -0.15) is 0 Å². The first-order chi connectivity index (χ1) is 11.5. The molecule has 0 radical (unpaired) electrons. The first kappa shape index (κ1) is 17.7. The highest BCUT2D eigenvalue weighted by atomic mass is 35.5. The van der Waals surface area contributed by atoms with Crippen molar-refractivity contribution < 1.29 is 14.5 Å². The summed E-state index contributed by atoms with van der Waals surface area (Å²) in [4.78, 5) is 22.3. The number of anilines is 1. The van der Waals surface area contributed by atoms with Crippen molar-refractivity contribution in [3.63, 3.8) is 0 Å². The lowest BCUT2D eigenvalue weighted by molar-refractivity contribution is -0.511. The molecule has 0 amide bonds. The Morgan fingerprint density at radius 3 is 2.38 bits per heavy atom. The fourth-order valence-electron chi connectivity index (χ4n) is 2.34. The summed E-state index contributed by atoms with van der Waals surface area (Å²) in [5.74, 6) is -0.862. The van der Waals surface area contributed by atoms with E-state index in [-0.39, 0.29) is 6.42 Å². The summed E-state index contributed by atoms with van der Waals surface area (Å²) in [5.41, 5.74) is 1.59. The molecule has 2 aromatic rings. The van der Waals surface area contributed by atoms with Crippen LogP contribution in [0.4, 0.5) is 5.69 Å². The fourth-order valence-corrected chi connectivity index (χ4v) is 2.46. The molecule has 2 atom stereocenters. The smallest absolute Gasteiger partial charge is 0.381 e. The van der Waals surface area contributed by atoms with Gasteiger partial charge in [0.2, 0.25) is 0 Å². The molecule has 0 spiro atoms. The van der Waals surface area contributed by atoms with Crippen molar-refractivity contribution >= 4 is 23.3 Å². The van der Waals surface area contributed by atoms with Gasteiger partial charge in [0, 0.05) is 15.6 Å². The minimum absolute atomic E-state index is 0.0354. The molecule has 6 nitrogen and oxygen atoms in total. The van der Waals surface area contributed by atoms with Crippen LogP contribution in [0.1, 0.15) is 18.0 Å². The standard InChI is InChI=1S/C17H17ClN2O4/c1-24-17(21)16(20(22)23)11-15(12-5-3-2-4-6-12)19-14-9-7-13(18)8-10-14/h2-10,15-16,19H,11H2,1H3. The van der Waals surface area contributed by atoms with E-state index in [2.05, 4.69) is 10.1 Å². The number of hydrogen-bond acceptors (Lipinski definition) is 5. The van der Waals surface area contributed by atoms with Crippen LogP contribution < -0.4 is 5.32 Å². The molecule has 126 valence electrons. The maximum Gasteiger partial charge on any atom is 0.381 e. The first-order valence-electron chi connectivity index (χ1n) is 7.29. The van der Waals surface area contributed by atoms with Gasteiger partial charge in [0.15, 0.2) is 0 Å². The molecule has 0 aromatic heterocycles. The maximum atomic E-state index is 11.7. The first-order valence-corrected chi connectivity index (χ1v) is 7.67. The SMILES string of the molecule is COC(=O)C(CC(Nc1ccc(Cl)cc1)c1ccccc1)[N+](=O)[O-]. The Bertz CT molecular complexity index is 691. The monoisotopic (exact) mass is 348 g/mol. The third-order valence-corrected chi connectivity index (χ3v) is 3.83. The zero-order chi connectivity index (χ0) is 17.5. The van der Waals surface area contributed by atoms with Gasteiger partial charge in [-0.25, -0.2) is 4.79 Å². The van der Waals surface area contributed by atoms with E-state index in [1.807, 2.05) is 30.3 Å². The van der Waals surface area contributed by atoms with Crippen molar-refractivity contribution in [1.29, 1.82) is 0 Å². The fraction of sp³-hybridized carbons (Fsp3) is 0.235. The molecule has 0 fully saturated rings. The summed E-state index contributed by atoms with van der Waals surface area (Å²) in [5, 5.41) is 15.0. The Balaban J connectivity index is 2.27. The maximum absolute atomic E-state index is 11.7. The van der Waals surface area contributed by atoms with Crippen LogP contribution in [0.15, 0.2) is 54.6 Å². The minimum Gasteiger partial charge on any atom is -0.464 e. The molecular formula is C17H17ClN2O4. The van der Waals surface area contributed by atoms with Gasteiger partial charge in [-0.1, -0.05) is 41.9 Å². The molecular weight excluding hydrogens is 332 g/mol. The number of methoxy groups -OCH3 is 1. The second kappa shape index (κ2) is 8.31. The lowest BCUT2D eigenvalue weighted by Crippen LogP contribution is -2.34. The van der Waals surface area contributed by atoms with E-state index in [0.29, 0.717) is 5.02 Å². The number of nitrogens with one attached hydrogen (secondary N) is 1. The Morgan fingerprint density at radius 2 is 1.83 bits per heavy atom. The second-order valence-corrected chi connectivity index (χ2v) is 5.61. The predicted molar refractivity (Wildman–Crippen MR) is 91.7 cm³/mol. The van der Waals surface area contributed by atoms with Crippen LogP contribution >= 0.6 is 11.6 Å². The summed E-state index contributed by atoms with van der Waals surface area (Å²) < 4.78 is 4.55. The van der Waals surface area contributed by atoms with Crippen LogP contribution in [0.2, 0.25) is 5.02 Å². The number of nitro groups is 1. The zero-order valence-electron chi connectivity index (χ0n) is 13.0. The minimum atomic E-state index is -1.44. The molecule has 2 unspecified atom stereocenters. The lowest BCUT2D eigenvalue weighted by atomic mass is 9.99. The number of ether oxygens (including phenoxy) is 1. The molecule has 0 aliphatic rings. The van der Waals surface area contributed by atoms with Crippen LogP contribution in [-0.4, -0.2) is 24.0 Å². The van der Waals surface area contributed by atoms with Crippen molar-refractivity contribution in [1.82, 2.24) is 0 Å². The Morgan fingerprint density at radius 1 is 1.21 bits per heavy atom. The van der Waals surface area contributed by atoms with Crippen molar-refractivity contribution in [2.75, 3.05) is 12.4 Å². The van der Waals surface area contributed by atoms with Gasteiger partial charge in [0.05, 0.1) is 19.6 Å². The highest BCUT2D eigenvalue weighted by Crippen LogP contribution is 2.26. The molecule has 7 heteroatoms. The highest BCUT2D eigenvalue weighted by molar-refractivity contribution is 6.30. The number of carbonyl (C=O) groups is 1. The van der Waals surface area contributed by atoms with Gasteiger partial charge in [0.25, 0.3) is 0 Å². The van der Waals surface area contributed by atoms with Gasteiger partial charge in [-0.05, 0) is 29.8 Å². The number of nitrogens with zero attached hydrogens (tertiary/aromatic N) is 1. The summed E-state index contributed by atoms with van der Waals surface area (Å²) in [6.07, 6.45) is -0.0354. The van der Waals surface area contributed by atoms with Gasteiger partial charge in [0.1, 0.15) is 0 Å². The van der Waals surface area contributed by atoms with E-state index in [9.17, 15) is 14.9 Å². The van der Waals surface area contributed by atoms with Gasteiger partial charge in [-0.3, -0.25) is 10.1 Å². The average molecular weight is 349 g/mol. The van der Waals surface area contributed by atoms with Crippen molar-refractivity contribution in [2.24, 2.45) is 0 Å². The zero-order valence-corrected chi connectivity index (χ0v) is 13.8. The summed E-state index contributed by atoms with van der Waals surface area (Å²) in [6, 6.07) is 14.3. The van der Waals surface area contributed by atoms with E-state index in [4.69, 9.17) is 11.6 Å². The molecule has 0 aliphatic carbocycles. The summed E-state index contributed by atoms with van der Waals surface area (Å²) in [6.45, 7) is 0. The Hall–Kier alpha value is -2.60. The number of hydrogen-bond donors (Lipinski definition) is 1. The van der Waals surface area contributed by atoms with E-state index in [0.717, 1.165) is 18.4 Å². The van der Waals surface area contributed by atoms with Crippen molar-refractivity contribution in [3.05, 3.63) is 75.3 Å². The Labute approximate surface area is 144 Å². The molecule has 0 heterocycles. The number of carbonyl (C=O) groups excluding carboxylic acids is 1. The third-order valence-electron chi connectivity index (χ3n) is 3.57. The van der Waals surface area contributed by atoms with Gasteiger partial charge < -0.3 is 10.1 Å². The molecule has 0 aliphatic heterocycles. The van der Waals surface area contributed by atoms with E-state index >= 15 is 0 Å². The molecule has 0 bridgehead atoms. The number of benzene rings is 2. The van der Waals surface area contributed by atoms with Gasteiger partial charge >= 0.3 is 12.0 Å². The van der Waals surface area contributed by atoms with Crippen LogP contribution in [0.5, 0.6) is 0 Å². The lowest BCUT2D eigenvalue weighted by Gasteiger charge is -2.21. The topological polar surface area (TPSA) is 81.5 Å². The number of halogens is 1. The highest BCUT2D eigenvalue weighted by Gasteiger charge is 2.34. The van der Waals surface area contributed by atoms with Crippen LogP contribution in [0.3, 0.4) is 0 Å². The molecule has 1 N–H and O–H groups in total. The molecule has 2 rings (SSSR count).